The summed E-state index contributed by atoms with van der Waals surface area (Å²) in [5.41, 5.74) is 0. The molecule has 1 aliphatic carbocycles. The molecule has 6 heteroatoms. The third-order valence-corrected chi connectivity index (χ3v) is 3.37. The van der Waals surface area contributed by atoms with Crippen LogP contribution in [0.4, 0.5) is 0 Å². The van der Waals surface area contributed by atoms with Gasteiger partial charge in [0.05, 0.1) is 12.4 Å². The summed E-state index contributed by atoms with van der Waals surface area (Å²) in [6.07, 6.45) is 7.25. The van der Waals surface area contributed by atoms with Crippen molar-refractivity contribution in [2.24, 2.45) is 0 Å². The molecule has 1 saturated carbocycles. The van der Waals surface area contributed by atoms with Crippen LogP contribution in [0.5, 0.6) is 5.75 Å². The summed E-state index contributed by atoms with van der Waals surface area (Å²) in [4.78, 5) is 7.74. The molecule has 0 atom stereocenters. The predicted octanol–water partition coefficient (Wildman–Crippen LogP) is 1.78. The SMILES string of the molecule is c1ncc(OCc2nnc(C3CC3)s2)cn1. The van der Waals surface area contributed by atoms with E-state index in [9.17, 15) is 0 Å². The van der Waals surface area contributed by atoms with E-state index in [1.165, 1.54) is 19.2 Å². The Morgan fingerprint density at radius 2 is 2.06 bits per heavy atom. The van der Waals surface area contributed by atoms with Crippen LogP contribution in [0.2, 0.25) is 0 Å². The van der Waals surface area contributed by atoms with Crippen molar-refractivity contribution in [3.63, 3.8) is 0 Å². The number of ether oxygens (including phenoxy) is 1. The molecule has 0 bridgehead atoms. The lowest BCUT2D eigenvalue weighted by molar-refractivity contribution is 0.302. The maximum Gasteiger partial charge on any atom is 0.156 e. The van der Waals surface area contributed by atoms with Gasteiger partial charge in [0.2, 0.25) is 0 Å². The van der Waals surface area contributed by atoms with E-state index in [0.29, 0.717) is 18.3 Å². The zero-order valence-electron chi connectivity index (χ0n) is 8.54. The summed E-state index contributed by atoms with van der Waals surface area (Å²) in [6.45, 7) is 0.442. The molecule has 0 spiro atoms. The maximum absolute atomic E-state index is 5.49. The molecule has 1 aliphatic rings. The van der Waals surface area contributed by atoms with Gasteiger partial charge in [-0.1, -0.05) is 11.3 Å². The summed E-state index contributed by atoms with van der Waals surface area (Å²) in [6, 6.07) is 0. The Balaban J connectivity index is 1.61. The minimum atomic E-state index is 0.442. The molecular formula is C10H10N4OS. The van der Waals surface area contributed by atoms with Crippen LogP contribution >= 0.6 is 11.3 Å². The summed E-state index contributed by atoms with van der Waals surface area (Å²) < 4.78 is 5.49. The molecular weight excluding hydrogens is 224 g/mol. The first kappa shape index (κ1) is 9.65. The van der Waals surface area contributed by atoms with Crippen LogP contribution in [-0.4, -0.2) is 20.2 Å². The van der Waals surface area contributed by atoms with Crippen molar-refractivity contribution >= 4 is 11.3 Å². The Hall–Kier alpha value is -1.56. The van der Waals surface area contributed by atoms with E-state index < -0.39 is 0 Å². The van der Waals surface area contributed by atoms with Gasteiger partial charge in [0.15, 0.2) is 10.8 Å². The Kier molecular flexibility index (Phi) is 2.49. The average molecular weight is 234 g/mol. The number of hydrogen-bond donors (Lipinski definition) is 0. The van der Waals surface area contributed by atoms with Crippen LogP contribution in [-0.2, 0) is 6.61 Å². The van der Waals surface area contributed by atoms with Gasteiger partial charge in [0.1, 0.15) is 17.9 Å². The normalized spacial score (nSPS) is 15.0. The zero-order chi connectivity index (χ0) is 10.8. The van der Waals surface area contributed by atoms with Crippen molar-refractivity contribution in [3.8, 4) is 5.75 Å². The molecule has 2 aromatic heterocycles. The summed E-state index contributed by atoms with van der Waals surface area (Å²) in [7, 11) is 0. The smallest absolute Gasteiger partial charge is 0.156 e. The second-order valence-corrected chi connectivity index (χ2v) is 4.76. The van der Waals surface area contributed by atoms with Gasteiger partial charge in [-0.15, -0.1) is 10.2 Å². The van der Waals surface area contributed by atoms with Crippen molar-refractivity contribution in [3.05, 3.63) is 28.7 Å². The molecule has 0 N–H and O–H groups in total. The topological polar surface area (TPSA) is 60.8 Å². The van der Waals surface area contributed by atoms with Crippen LogP contribution in [0.1, 0.15) is 28.8 Å². The highest BCUT2D eigenvalue weighted by atomic mass is 32.1. The van der Waals surface area contributed by atoms with Crippen molar-refractivity contribution in [2.75, 3.05) is 0 Å². The molecule has 0 saturated heterocycles. The fraction of sp³-hybridized carbons (Fsp3) is 0.400. The lowest BCUT2D eigenvalue weighted by Crippen LogP contribution is -1.95. The molecule has 2 aromatic rings. The Morgan fingerprint density at radius 1 is 1.25 bits per heavy atom. The third-order valence-electron chi connectivity index (χ3n) is 2.31. The van der Waals surface area contributed by atoms with E-state index >= 15 is 0 Å². The van der Waals surface area contributed by atoms with Gasteiger partial charge < -0.3 is 4.74 Å². The van der Waals surface area contributed by atoms with Gasteiger partial charge >= 0.3 is 0 Å². The van der Waals surface area contributed by atoms with E-state index in [-0.39, 0.29) is 0 Å². The number of nitrogens with zero attached hydrogens (tertiary/aromatic N) is 4. The third kappa shape index (κ3) is 2.16. The Morgan fingerprint density at radius 3 is 2.81 bits per heavy atom. The molecule has 82 valence electrons. The monoisotopic (exact) mass is 234 g/mol. The number of hydrogen-bond acceptors (Lipinski definition) is 6. The Bertz CT molecular complexity index is 469. The van der Waals surface area contributed by atoms with Crippen LogP contribution in [0.25, 0.3) is 0 Å². The van der Waals surface area contributed by atoms with Crippen molar-refractivity contribution in [1.29, 1.82) is 0 Å². The summed E-state index contributed by atoms with van der Waals surface area (Å²) in [5, 5.41) is 10.3. The van der Waals surface area contributed by atoms with Crippen molar-refractivity contribution in [2.45, 2.75) is 25.4 Å². The van der Waals surface area contributed by atoms with E-state index in [4.69, 9.17) is 4.74 Å². The van der Waals surface area contributed by atoms with Crippen LogP contribution in [0.15, 0.2) is 18.7 Å². The molecule has 5 nitrogen and oxygen atoms in total. The molecule has 0 aliphatic heterocycles. The van der Waals surface area contributed by atoms with Crippen molar-refractivity contribution < 1.29 is 4.74 Å². The predicted molar refractivity (Wildman–Crippen MR) is 58.2 cm³/mol. The van der Waals surface area contributed by atoms with E-state index in [0.717, 1.165) is 10.0 Å². The second kappa shape index (κ2) is 4.13. The van der Waals surface area contributed by atoms with Crippen LogP contribution < -0.4 is 4.74 Å². The van der Waals surface area contributed by atoms with Gasteiger partial charge in [-0.2, -0.15) is 0 Å². The van der Waals surface area contributed by atoms with Gasteiger partial charge in [0.25, 0.3) is 0 Å². The zero-order valence-corrected chi connectivity index (χ0v) is 9.35. The van der Waals surface area contributed by atoms with E-state index in [2.05, 4.69) is 20.2 Å². The quantitative estimate of drug-likeness (QED) is 0.807. The number of rotatable bonds is 4. The van der Waals surface area contributed by atoms with Gasteiger partial charge in [-0.25, -0.2) is 9.97 Å². The standard InChI is InChI=1S/C10H10N4OS/c1-2-7(1)10-14-13-9(16-10)5-15-8-3-11-6-12-4-8/h3-4,6-7H,1-2,5H2. The second-order valence-electron chi connectivity index (χ2n) is 3.67. The molecule has 2 heterocycles. The molecule has 0 aromatic carbocycles. The first-order valence-corrected chi connectivity index (χ1v) is 5.93. The fourth-order valence-electron chi connectivity index (χ4n) is 1.33. The molecule has 0 amide bonds. The van der Waals surface area contributed by atoms with Gasteiger partial charge in [-0.05, 0) is 12.8 Å². The molecule has 1 fully saturated rings. The average Bonchev–Trinajstić information content (AvgIpc) is 3.08. The van der Waals surface area contributed by atoms with Crippen LogP contribution in [0, 0.1) is 0 Å². The van der Waals surface area contributed by atoms with Gasteiger partial charge in [0, 0.05) is 5.92 Å². The first-order valence-electron chi connectivity index (χ1n) is 5.12. The summed E-state index contributed by atoms with van der Waals surface area (Å²) in [5.74, 6) is 1.32. The lowest BCUT2D eigenvalue weighted by Gasteiger charge is -2.00. The van der Waals surface area contributed by atoms with E-state index in [1.54, 1.807) is 23.7 Å². The highest BCUT2D eigenvalue weighted by molar-refractivity contribution is 7.11. The molecule has 0 unspecified atom stereocenters. The molecule has 0 radical (unpaired) electrons. The minimum absolute atomic E-state index is 0.442. The van der Waals surface area contributed by atoms with Crippen LogP contribution in [0.3, 0.4) is 0 Å². The highest BCUT2D eigenvalue weighted by Crippen LogP contribution is 2.41. The summed E-state index contributed by atoms with van der Waals surface area (Å²) >= 11 is 1.63. The van der Waals surface area contributed by atoms with Gasteiger partial charge in [-0.3, -0.25) is 0 Å². The first-order chi connectivity index (χ1) is 7.92. The number of aromatic nitrogens is 4. The maximum atomic E-state index is 5.49. The Labute approximate surface area is 96.5 Å². The lowest BCUT2D eigenvalue weighted by atomic mass is 10.5. The van der Waals surface area contributed by atoms with E-state index in [1.807, 2.05) is 0 Å². The molecule has 3 rings (SSSR count). The minimum Gasteiger partial charge on any atom is -0.483 e. The highest BCUT2D eigenvalue weighted by Gasteiger charge is 2.27. The largest absolute Gasteiger partial charge is 0.483 e. The van der Waals surface area contributed by atoms with Crippen molar-refractivity contribution in [1.82, 2.24) is 20.2 Å². The molecule has 16 heavy (non-hydrogen) atoms. The fourth-order valence-corrected chi connectivity index (χ4v) is 2.25.